The Bertz CT molecular complexity index is 2440. The fraction of sp³-hybridized carbons (Fsp3) is 0.661. The molecule has 22 nitrogen and oxygen atoms in total. The van der Waals surface area contributed by atoms with Crippen LogP contribution in [0, 0.1) is 5.41 Å². The lowest BCUT2D eigenvalue weighted by Crippen LogP contribution is -2.57. The minimum Gasteiger partial charge on any atom is -0.480 e. The number of sulfone groups is 1. The Hall–Kier alpha value is -6.13. The number of piperidine rings is 1. The van der Waals surface area contributed by atoms with Gasteiger partial charge in [0.25, 0.3) is 0 Å². The zero-order valence-electron chi connectivity index (χ0n) is 48.6. The number of nitrogens with one attached hydrogen (secondary N) is 1. The van der Waals surface area contributed by atoms with Crippen molar-refractivity contribution in [3.8, 4) is 11.5 Å². The fourth-order valence-electron chi connectivity index (χ4n) is 8.70. The van der Waals surface area contributed by atoms with E-state index >= 15 is 0 Å². The third-order valence-corrected chi connectivity index (χ3v) is 14.6. The molecule has 2 N–H and O–H groups in total. The summed E-state index contributed by atoms with van der Waals surface area (Å²) in [6, 6.07) is 8.13. The van der Waals surface area contributed by atoms with Crippen molar-refractivity contribution in [2.75, 3.05) is 72.0 Å². The molecule has 0 unspecified atom stereocenters. The largest absolute Gasteiger partial charge is 0.480 e. The molecule has 2 amide bonds. The molecule has 0 bridgehead atoms. The maximum Gasteiger partial charge on any atom is 0.408 e. The lowest BCUT2D eigenvalue weighted by Gasteiger charge is -2.40. The summed E-state index contributed by atoms with van der Waals surface area (Å²) in [5.41, 5.74) is -2.49. The first-order valence-electron chi connectivity index (χ1n) is 26.5. The van der Waals surface area contributed by atoms with Crippen LogP contribution in [-0.2, 0) is 62.4 Å². The van der Waals surface area contributed by atoms with Gasteiger partial charge in [-0.25, -0.2) is 13.2 Å². The van der Waals surface area contributed by atoms with Crippen LogP contribution < -0.4 is 10.1 Å². The summed E-state index contributed by atoms with van der Waals surface area (Å²) >= 11 is 0. The number of likely N-dealkylation sites (tertiary alicyclic amines) is 1. The number of esters is 2. The Morgan fingerprint density at radius 2 is 1.22 bits per heavy atom. The molecular formula is C56H86N6O16S. The van der Waals surface area contributed by atoms with Gasteiger partial charge in [0.15, 0.2) is 15.6 Å². The molecule has 1 atom stereocenters. The number of pyridine rings is 1. The number of rotatable bonds is 28. The van der Waals surface area contributed by atoms with Crippen molar-refractivity contribution >= 4 is 57.5 Å². The van der Waals surface area contributed by atoms with E-state index in [9.17, 15) is 47.1 Å². The van der Waals surface area contributed by atoms with Crippen LogP contribution in [0.2, 0.25) is 0 Å². The molecule has 2 aromatic rings. The predicted molar refractivity (Wildman–Crippen MR) is 292 cm³/mol. The zero-order valence-corrected chi connectivity index (χ0v) is 49.5. The molecule has 0 aliphatic carbocycles. The summed E-state index contributed by atoms with van der Waals surface area (Å²) in [4.78, 5) is 119. The molecule has 1 aliphatic rings. The first-order chi connectivity index (χ1) is 36.5. The van der Waals surface area contributed by atoms with Gasteiger partial charge in [-0.1, -0.05) is 33.6 Å². The molecule has 0 saturated carbocycles. The van der Waals surface area contributed by atoms with Gasteiger partial charge in [0.1, 0.15) is 44.9 Å². The molecule has 1 fully saturated rings. The van der Waals surface area contributed by atoms with Gasteiger partial charge in [-0.15, -0.1) is 0 Å². The van der Waals surface area contributed by atoms with Gasteiger partial charge in [-0.05, 0) is 137 Å². The van der Waals surface area contributed by atoms with Crippen molar-refractivity contribution in [1.29, 1.82) is 0 Å². The lowest BCUT2D eigenvalue weighted by atomic mass is 9.91. The number of carboxylic acids is 1. The number of hydrogen-bond acceptors (Lipinski definition) is 19. The van der Waals surface area contributed by atoms with Crippen LogP contribution in [0.3, 0.4) is 0 Å². The van der Waals surface area contributed by atoms with Crippen LogP contribution >= 0.6 is 0 Å². The maximum absolute atomic E-state index is 14.2. The van der Waals surface area contributed by atoms with Crippen molar-refractivity contribution in [3.05, 3.63) is 48.8 Å². The standard InChI is InChI=1S/C55H86N6O14S.CO2/c1-40(62)55(76(70,71)44-23-21-42(22-24-44)72-43-19-17-27-56-34-43)25-28-61(29-26-55)49(68)45(57-50(69)75-54(11,12)13)20-16-14-15-18-41(63)35-59(36-46(64)65)32-30-58(39-51(2,3)4)31-33-60(37-47(66)73-52(5,6)7)38-48(67)74-53(8,9)10;2-1-3/h17,19,21-24,27,34,45H,14-16,18,20,25-26,28-33,35-39H2,1-13H3,(H,57,69)(H,64,65);/t45-;/m0./s1. The number of aromatic nitrogens is 1. The van der Waals surface area contributed by atoms with Gasteiger partial charge in [-0.2, -0.15) is 9.59 Å². The average molecular weight is 1130 g/mol. The Morgan fingerprint density at radius 1 is 0.709 bits per heavy atom. The van der Waals surface area contributed by atoms with Crippen molar-refractivity contribution in [3.63, 3.8) is 0 Å². The van der Waals surface area contributed by atoms with Crippen LogP contribution in [0.5, 0.6) is 11.5 Å². The number of alkyl carbamates (subject to hydrolysis) is 1. The molecule has 0 spiro atoms. The highest BCUT2D eigenvalue weighted by molar-refractivity contribution is 7.93. The molecule has 0 radical (unpaired) electrons. The topological polar surface area (TPSA) is 283 Å². The number of nitrogens with zero attached hydrogens (tertiary/aromatic N) is 5. The number of hydrogen-bond donors (Lipinski definition) is 2. The fourth-order valence-corrected chi connectivity index (χ4v) is 10.7. The highest BCUT2D eigenvalue weighted by atomic mass is 32.2. The number of ether oxygens (including phenoxy) is 4. The molecule has 79 heavy (non-hydrogen) atoms. The van der Waals surface area contributed by atoms with E-state index in [1.807, 2.05) is 0 Å². The summed E-state index contributed by atoms with van der Waals surface area (Å²) in [6.45, 7) is 24.1. The molecule has 2 heterocycles. The molecule has 23 heteroatoms. The van der Waals surface area contributed by atoms with Crippen LogP contribution in [0.1, 0.15) is 135 Å². The number of carboxylic acid groups (broad SMARTS) is 1. The van der Waals surface area contributed by atoms with E-state index < -0.39 is 73.1 Å². The number of Topliss-reactive ketones (excluding diaryl/α,β-unsaturated/α-hetero) is 2. The highest BCUT2D eigenvalue weighted by Crippen LogP contribution is 2.38. The maximum atomic E-state index is 14.2. The number of carbonyl (C=O) groups excluding carboxylic acids is 8. The average Bonchev–Trinajstić information content (AvgIpc) is 3.29. The van der Waals surface area contributed by atoms with Crippen molar-refractivity contribution in [2.24, 2.45) is 5.41 Å². The third-order valence-electron chi connectivity index (χ3n) is 11.9. The van der Waals surface area contributed by atoms with E-state index in [0.717, 1.165) is 0 Å². The SMILES string of the molecule is CC(=O)C1(S(=O)(=O)c2ccc(Oc3cccnc3)cc2)CCN(C(=O)[C@H](CCCCCC(=O)CN(CCN(CCN(CC(=O)OC(C)(C)C)CC(=O)OC(C)(C)C)CC(C)(C)C)CC(=O)O)NC(=O)OC(C)(C)C)CC1.O=C=O. The monoisotopic (exact) mass is 1130 g/mol. The van der Waals surface area contributed by atoms with Crippen LogP contribution in [0.15, 0.2) is 53.7 Å². The summed E-state index contributed by atoms with van der Waals surface area (Å²) in [7, 11) is -4.23. The van der Waals surface area contributed by atoms with E-state index in [-0.39, 0.29) is 93.7 Å². The van der Waals surface area contributed by atoms with Crippen molar-refractivity contribution in [1.82, 2.24) is 29.9 Å². The van der Waals surface area contributed by atoms with Crippen molar-refractivity contribution < 1.29 is 75.6 Å². The normalized spacial score (nSPS) is 14.3. The van der Waals surface area contributed by atoms with E-state index in [1.165, 1.54) is 42.3 Å². The number of benzene rings is 1. The minimum absolute atomic E-state index is 0.0624. The number of unbranched alkanes of at least 4 members (excludes halogenated alkanes) is 2. The number of carbonyl (C=O) groups is 7. The molecule has 1 aromatic carbocycles. The molecule has 1 aromatic heterocycles. The van der Waals surface area contributed by atoms with Crippen LogP contribution in [-0.4, -0.2) is 185 Å². The second-order valence-electron chi connectivity index (χ2n) is 23.9. The Labute approximate surface area is 466 Å². The van der Waals surface area contributed by atoms with Crippen LogP contribution in [0.4, 0.5) is 4.79 Å². The zero-order chi connectivity index (χ0) is 60.0. The Morgan fingerprint density at radius 3 is 1.67 bits per heavy atom. The van der Waals surface area contributed by atoms with Crippen LogP contribution in [0.25, 0.3) is 0 Å². The summed E-state index contributed by atoms with van der Waals surface area (Å²) in [5.74, 6) is -2.41. The number of aliphatic carboxylic acids is 1. The second-order valence-corrected chi connectivity index (χ2v) is 26.1. The smallest absolute Gasteiger partial charge is 0.408 e. The number of amides is 2. The molecule has 1 saturated heterocycles. The summed E-state index contributed by atoms with van der Waals surface area (Å²) < 4.78 is 48.9. The summed E-state index contributed by atoms with van der Waals surface area (Å²) in [6.07, 6.45) is 3.87. The molecule has 1 aliphatic heterocycles. The van der Waals surface area contributed by atoms with E-state index in [1.54, 1.807) is 90.4 Å². The quantitative estimate of drug-likeness (QED) is 0.0549. The summed E-state index contributed by atoms with van der Waals surface area (Å²) in [5, 5.41) is 12.5. The van der Waals surface area contributed by atoms with Gasteiger partial charge in [0.05, 0.1) is 37.3 Å². The minimum atomic E-state index is -4.23. The Kier molecular flexibility index (Phi) is 27.1. The number of ketones is 2. The van der Waals surface area contributed by atoms with Gasteiger partial charge in [-0.3, -0.25) is 43.6 Å². The van der Waals surface area contributed by atoms with Gasteiger partial charge < -0.3 is 39.2 Å². The van der Waals surface area contributed by atoms with E-state index in [2.05, 4.69) is 36.0 Å². The van der Waals surface area contributed by atoms with Gasteiger partial charge in [0.2, 0.25) is 5.91 Å². The highest BCUT2D eigenvalue weighted by Gasteiger charge is 2.51. The first-order valence-corrected chi connectivity index (χ1v) is 28.0. The molecular weight excluding hydrogens is 1040 g/mol. The van der Waals surface area contributed by atoms with E-state index in [0.29, 0.717) is 56.9 Å². The second kappa shape index (κ2) is 31.0. The third kappa shape index (κ3) is 26.6. The molecule has 442 valence electrons. The molecule has 3 rings (SSSR count). The van der Waals surface area contributed by atoms with E-state index in [4.69, 9.17) is 28.5 Å². The lowest BCUT2D eigenvalue weighted by molar-refractivity contribution is -0.192. The first kappa shape index (κ1) is 69.0. The Balaban J connectivity index is 0.00000694. The predicted octanol–water partition coefficient (Wildman–Crippen LogP) is 6.15. The van der Waals surface area contributed by atoms with Gasteiger partial charge >= 0.3 is 30.2 Å². The van der Waals surface area contributed by atoms with Gasteiger partial charge in [0, 0.05) is 58.4 Å². The van der Waals surface area contributed by atoms with Crippen molar-refractivity contribution in [2.45, 2.75) is 167 Å².